The first kappa shape index (κ1) is 21.9. The summed E-state index contributed by atoms with van der Waals surface area (Å²) in [5.41, 5.74) is 3.22. The molecule has 3 aromatic rings. The van der Waals surface area contributed by atoms with Crippen molar-refractivity contribution in [3.05, 3.63) is 56.4 Å². The van der Waals surface area contributed by atoms with Crippen LogP contribution in [0.5, 0.6) is 0 Å². The lowest BCUT2D eigenvalue weighted by molar-refractivity contribution is -0.123. The number of rotatable bonds is 4. The number of thiophene rings is 1. The molecule has 1 aromatic carbocycles. The fraction of sp³-hybridized carbons (Fsp3) is 0.400. The summed E-state index contributed by atoms with van der Waals surface area (Å²) in [5.74, 6) is 0.250. The largest absolute Gasteiger partial charge is 0.378 e. The third kappa shape index (κ3) is 4.32. The summed E-state index contributed by atoms with van der Waals surface area (Å²) in [6, 6.07) is 8.16. The maximum atomic E-state index is 13.5. The van der Waals surface area contributed by atoms with Gasteiger partial charge in [-0.2, -0.15) is 0 Å². The number of hydrogen-bond acceptors (Lipinski definition) is 6. The summed E-state index contributed by atoms with van der Waals surface area (Å²) >= 11 is 1.49. The summed E-state index contributed by atoms with van der Waals surface area (Å²) in [6.45, 7) is 8.61. The molecule has 2 fully saturated rings. The van der Waals surface area contributed by atoms with Crippen molar-refractivity contribution in [1.82, 2.24) is 14.9 Å². The number of H-pyrrole nitrogens is 1. The smallest absolute Gasteiger partial charge is 0.260 e. The van der Waals surface area contributed by atoms with Crippen LogP contribution in [0.2, 0.25) is 0 Å². The number of anilines is 1. The van der Waals surface area contributed by atoms with Gasteiger partial charge in [-0.3, -0.25) is 9.59 Å². The second kappa shape index (κ2) is 9.11. The third-order valence-corrected chi connectivity index (χ3v) is 7.60. The predicted molar refractivity (Wildman–Crippen MR) is 133 cm³/mol. The molecule has 7 nitrogen and oxygen atoms in total. The van der Waals surface area contributed by atoms with Crippen LogP contribution in [0, 0.1) is 13.8 Å². The van der Waals surface area contributed by atoms with E-state index in [1.165, 1.54) is 11.3 Å². The average molecular weight is 465 g/mol. The van der Waals surface area contributed by atoms with Gasteiger partial charge in [0.15, 0.2) is 0 Å². The summed E-state index contributed by atoms with van der Waals surface area (Å²) in [6.07, 6.45) is 3.85. The Morgan fingerprint density at radius 2 is 1.79 bits per heavy atom. The molecular weight excluding hydrogens is 436 g/mol. The lowest BCUT2D eigenvalue weighted by atomic mass is 10.1. The number of aromatic nitrogens is 2. The number of ether oxygens (including phenoxy) is 1. The maximum Gasteiger partial charge on any atom is 0.260 e. The number of aryl methyl sites for hydroxylation is 2. The average Bonchev–Trinajstić information content (AvgIpc) is 3.47. The molecule has 0 radical (unpaired) electrons. The third-order valence-electron chi connectivity index (χ3n) is 6.50. The Kier molecular flexibility index (Phi) is 6.03. The van der Waals surface area contributed by atoms with Gasteiger partial charge in [-0.1, -0.05) is 12.1 Å². The van der Waals surface area contributed by atoms with E-state index in [0.717, 1.165) is 73.9 Å². The molecule has 0 atom stereocenters. The minimum atomic E-state index is -0.195. The Balaban J connectivity index is 1.55. The normalized spacial score (nSPS) is 17.2. The van der Waals surface area contributed by atoms with Crippen LogP contribution in [0.4, 0.5) is 5.69 Å². The van der Waals surface area contributed by atoms with E-state index in [9.17, 15) is 9.59 Å². The molecule has 0 bridgehead atoms. The van der Waals surface area contributed by atoms with Gasteiger partial charge >= 0.3 is 0 Å². The Hall–Kier alpha value is -2.97. The Labute approximate surface area is 196 Å². The number of aromatic amines is 1. The van der Waals surface area contributed by atoms with Crippen LogP contribution >= 0.6 is 11.3 Å². The van der Waals surface area contributed by atoms with E-state index in [4.69, 9.17) is 9.72 Å². The van der Waals surface area contributed by atoms with E-state index in [1.807, 2.05) is 37.0 Å². The topological polar surface area (TPSA) is 78.5 Å². The number of nitrogens with zero attached hydrogens (tertiary/aromatic N) is 3. The first-order valence-electron chi connectivity index (χ1n) is 11.5. The van der Waals surface area contributed by atoms with Crippen molar-refractivity contribution in [2.24, 2.45) is 0 Å². The number of likely N-dealkylation sites (tertiary alicyclic amines) is 1. The molecule has 33 heavy (non-hydrogen) atoms. The van der Waals surface area contributed by atoms with Crippen molar-refractivity contribution in [1.29, 1.82) is 0 Å². The van der Waals surface area contributed by atoms with Gasteiger partial charge in [0.05, 0.1) is 24.2 Å². The molecule has 5 rings (SSSR count). The van der Waals surface area contributed by atoms with E-state index in [1.54, 1.807) is 0 Å². The number of benzene rings is 1. The molecule has 0 aliphatic carbocycles. The lowest BCUT2D eigenvalue weighted by Gasteiger charge is -2.28. The van der Waals surface area contributed by atoms with Crippen molar-refractivity contribution >= 4 is 44.8 Å². The Morgan fingerprint density at radius 1 is 1.09 bits per heavy atom. The second-order valence-corrected chi connectivity index (χ2v) is 9.83. The van der Waals surface area contributed by atoms with Crippen molar-refractivity contribution in [2.45, 2.75) is 26.7 Å². The Morgan fingerprint density at radius 3 is 2.48 bits per heavy atom. The van der Waals surface area contributed by atoms with Crippen molar-refractivity contribution in [3.63, 3.8) is 0 Å². The monoisotopic (exact) mass is 464 g/mol. The first-order chi connectivity index (χ1) is 16.0. The summed E-state index contributed by atoms with van der Waals surface area (Å²) < 4.78 is 5.44. The molecule has 2 aliphatic rings. The molecule has 0 spiro atoms. The molecule has 0 unspecified atom stereocenters. The predicted octanol–water partition coefficient (Wildman–Crippen LogP) is 3.60. The van der Waals surface area contributed by atoms with Crippen LogP contribution in [0.3, 0.4) is 0 Å². The lowest BCUT2D eigenvalue weighted by Crippen LogP contribution is -2.36. The zero-order chi connectivity index (χ0) is 22.9. The number of carbonyl (C=O) groups excluding carboxylic acids is 1. The summed E-state index contributed by atoms with van der Waals surface area (Å²) in [7, 11) is 0. The van der Waals surface area contributed by atoms with Gasteiger partial charge < -0.3 is 19.5 Å². The molecule has 2 aliphatic heterocycles. The number of amides is 1. The quantitative estimate of drug-likeness (QED) is 0.597. The highest BCUT2D eigenvalue weighted by Crippen LogP contribution is 2.28. The SMILES string of the molecule is Cc1sc2nc(/C(=C\c3ccc(N4CCOCC4)cc3)C(=O)N3CCCC3)[nH]c(=O)c2c1C. The van der Waals surface area contributed by atoms with E-state index >= 15 is 0 Å². The molecule has 8 heteroatoms. The maximum absolute atomic E-state index is 13.5. The molecule has 2 aromatic heterocycles. The van der Waals surface area contributed by atoms with Gasteiger partial charge in [0, 0.05) is 36.7 Å². The standard InChI is InChI=1S/C25H28N4O3S/c1-16-17(2)33-24-21(16)23(30)26-22(27-24)20(25(31)29-9-3-4-10-29)15-18-5-7-19(8-6-18)28-11-13-32-14-12-28/h5-8,15H,3-4,9-14H2,1-2H3,(H,26,27,30)/b20-15+. The van der Waals surface area contributed by atoms with E-state index in [0.29, 0.717) is 21.6 Å². The van der Waals surface area contributed by atoms with E-state index < -0.39 is 0 Å². The minimum Gasteiger partial charge on any atom is -0.378 e. The van der Waals surface area contributed by atoms with Gasteiger partial charge in [-0.05, 0) is 56.0 Å². The van der Waals surface area contributed by atoms with Crippen LogP contribution in [0.1, 0.15) is 34.7 Å². The van der Waals surface area contributed by atoms with Gasteiger partial charge in [0.1, 0.15) is 10.7 Å². The van der Waals surface area contributed by atoms with Crippen LogP contribution in [-0.4, -0.2) is 60.2 Å². The fourth-order valence-corrected chi connectivity index (χ4v) is 5.50. The first-order valence-corrected chi connectivity index (χ1v) is 12.3. The highest BCUT2D eigenvalue weighted by Gasteiger charge is 2.25. The fourth-order valence-electron chi connectivity index (χ4n) is 4.47. The van der Waals surface area contributed by atoms with Gasteiger partial charge in [0.2, 0.25) is 0 Å². The molecular formula is C25H28N4O3S. The number of fused-ring (bicyclic) bond motifs is 1. The minimum absolute atomic E-state index is 0.0859. The zero-order valence-electron chi connectivity index (χ0n) is 19.0. The van der Waals surface area contributed by atoms with E-state index in [-0.39, 0.29) is 11.5 Å². The molecule has 4 heterocycles. The van der Waals surface area contributed by atoms with Crippen molar-refractivity contribution in [3.8, 4) is 0 Å². The van der Waals surface area contributed by atoms with E-state index in [2.05, 4.69) is 22.0 Å². The summed E-state index contributed by atoms with van der Waals surface area (Å²) in [5, 5.41) is 0.615. The molecule has 1 N–H and O–H groups in total. The van der Waals surface area contributed by atoms with Gasteiger partial charge in [-0.15, -0.1) is 11.3 Å². The number of hydrogen-bond donors (Lipinski definition) is 1. The highest BCUT2D eigenvalue weighted by molar-refractivity contribution is 7.18. The second-order valence-electron chi connectivity index (χ2n) is 8.63. The van der Waals surface area contributed by atoms with Crippen LogP contribution in [0.15, 0.2) is 29.1 Å². The zero-order valence-corrected chi connectivity index (χ0v) is 19.8. The van der Waals surface area contributed by atoms with Gasteiger partial charge in [0.25, 0.3) is 11.5 Å². The molecule has 1 amide bonds. The molecule has 0 saturated carbocycles. The number of morpholine rings is 1. The van der Waals surface area contributed by atoms with Gasteiger partial charge in [-0.25, -0.2) is 4.98 Å². The number of carbonyl (C=O) groups is 1. The van der Waals surface area contributed by atoms with Crippen LogP contribution < -0.4 is 10.5 Å². The Bertz CT molecular complexity index is 1260. The summed E-state index contributed by atoms with van der Waals surface area (Å²) in [4.78, 5) is 39.9. The number of nitrogens with one attached hydrogen (secondary N) is 1. The van der Waals surface area contributed by atoms with Crippen LogP contribution in [-0.2, 0) is 9.53 Å². The van der Waals surface area contributed by atoms with Crippen molar-refractivity contribution < 1.29 is 9.53 Å². The van der Waals surface area contributed by atoms with Crippen molar-refractivity contribution in [2.75, 3.05) is 44.3 Å². The van der Waals surface area contributed by atoms with Crippen LogP contribution in [0.25, 0.3) is 21.9 Å². The molecule has 172 valence electrons. The molecule has 2 saturated heterocycles. The highest BCUT2D eigenvalue weighted by atomic mass is 32.1.